The lowest BCUT2D eigenvalue weighted by Crippen LogP contribution is -2.04. The molecule has 112 valence electrons. The smallest absolute Gasteiger partial charge is 0.342 e. The fourth-order valence-corrected chi connectivity index (χ4v) is 2.37. The van der Waals surface area contributed by atoms with E-state index in [4.69, 9.17) is 9.47 Å². The lowest BCUT2D eigenvalue weighted by atomic mass is 10.1. The van der Waals surface area contributed by atoms with E-state index in [-0.39, 0.29) is 5.97 Å². The van der Waals surface area contributed by atoms with Crippen molar-refractivity contribution in [3.8, 4) is 5.75 Å². The molecule has 0 amide bonds. The Kier molecular flexibility index (Phi) is 3.70. The predicted molar refractivity (Wildman–Crippen MR) is 85.9 cm³/mol. The number of esters is 1. The van der Waals surface area contributed by atoms with E-state index in [0.717, 1.165) is 22.3 Å². The van der Waals surface area contributed by atoms with Crippen molar-refractivity contribution in [2.24, 2.45) is 0 Å². The third kappa shape index (κ3) is 2.48. The zero-order valence-electron chi connectivity index (χ0n) is 12.3. The number of para-hydroxylation sites is 1. The van der Waals surface area contributed by atoms with E-state index >= 15 is 0 Å². The number of carbonyl (C=O) groups excluding carboxylic acids is 1. The molecule has 0 radical (unpaired) electrons. The normalized spacial score (nSPS) is 10.5. The molecule has 0 atom stereocenters. The summed E-state index contributed by atoms with van der Waals surface area (Å²) >= 11 is 0. The van der Waals surface area contributed by atoms with Gasteiger partial charge >= 0.3 is 5.97 Å². The summed E-state index contributed by atoms with van der Waals surface area (Å²) in [6, 6.07) is 15.1. The van der Waals surface area contributed by atoms with Gasteiger partial charge < -0.3 is 19.8 Å². The summed E-state index contributed by atoms with van der Waals surface area (Å²) in [4.78, 5) is 15.3. The highest BCUT2D eigenvalue weighted by Gasteiger charge is 2.19. The maximum absolute atomic E-state index is 12.1. The average molecular weight is 296 g/mol. The maximum Gasteiger partial charge on any atom is 0.342 e. The topological polar surface area (TPSA) is 63.4 Å². The Morgan fingerprint density at radius 3 is 2.45 bits per heavy atom. The van der Waals surface area contributed by atoms with Crippen molar-refractivity contribution in [1.82, 2.24) is 4.98 Å². The van der Waals surface area contributed by atoms with Gasteiger partial charge in [-0.25, -0.2) is 4.79 Å². The van der Waals surface area contributed by atoms with Crippen molar-refractivity contribution >= 4 is 28.4 Å². The molecule has 0 saturated carbocycles. The Morgan fingerprint density at radius 2 is 1.77 bits per heavy atom. The number of fused-ring (bicyclic) bond motifs is 1. The lowest BCUT2D eigenvalue weighted by Gasteiger charge is -2.07. The minimum Gasteiger partial charge on any atom is -0.497 e. The van der Waals surface area contributed by atoms with Crippen LogP contribution < -0.4 is 10.1 Å². The molecule has 2 aromatic carbocycles. The molecule has 5 nitrogen and oxygen atoms in total. The fourth-order valence-electron chi connectivity index (χ4n) is 2.37. The molecule has 0 spiro atoms. The van der Waals surface area contributed by atoms with Gasteiger partial charge in [0.2, 0.25) is 0 Å². The number of anilines is 2. The van der Waals surface area contributed by atoms with Gasteiger partial charge in [-0.1, -0.05) is 18.2 Å². The summed E-state index contributed by atoms with van der Waals surface area (Å²) in [6.07, 6.45) is 0. The first-order valence-corrected chi connectivity index (χ1v) is 6.83. The summed E-state index contributed by atoms with van der Waals surface area (Å²) in [5.74, 6) is 1.00. The lowest BCUT2D eigenvalue weighted by molar-refractivity contribution is 0.0604. The SMILES string of the molecule is COC(=O)c1c(Nc2ccc(OC)cc2)[nH]c2ccccc12. The number of aromatic amines is 1. The monoisotopic (exact) mass is 296 g/mol. The molecule has 0 aliphatic carbocycles. The van der Waals surface area contributed by atoms with Gasteiger partial charge in [-0.2, -0.15) is 0 Å². The highest BCUT2D eigenvalue weighted by atomic mass is 16.5. The van der Waals surface area contributed by atoms with Crippen LogP contribution in [0.1, 0.15) is 10.4 Å². The molecule has 22 heavy (non-hydrogen) atoms. The second-order valence-corrected chi connectivity index (χ2v) is 4.77. The van der Waals surface area contributed by atoms with E-state index in [2.05, 4.69) is 10.3 Å². The van der Waals surface area contributed by atoms with Crippen LogP contribution >= 0.6 is 0 Å². The number of methoxy groups -OCH3 is 2. The van der Waals surface area contributed by atoms with Gasteiger partial charge in [0.15, 0.2) is 0 Å². The Labute approximate surface area is 127 Å². The summed E-state index contributed by atoms with van der Waals surface area (Å²) in [5.41, 5.74) is 2.21. The molecular weight excluding hydrogens is 280 g/mol. The van der Waals surface area contributed by atoms with Crippen LogP contribution in [0.15, 0.2) is 48.5 Å². The first kappa shape index (κ1) is 14.0. The van der Waals surface area contributed by atoms with Crippen LogP contribution in [0.2, 0.25) is 0 Å². The van der Waals surface area contributed by atoms with Crippen molar-refractivity contribution in [3.63, 3.8) is 0 Å². The molecule has 0 fully saturated rings. The third-order valence-electron chi connectivity index (χ3n) is 3.45. The number of nitrogens with one attached hydrogen (secondary N) is 2. The second-order valence-electron chi connectivity index (χ2n) is 4.77. The number of hydrogen-bond acceptors (Lipinski definition) is 4. The number of rotatable bonds is 4. The van der Waals surface area contributed by atoms with Crippen LogP contribution in [0.3, 0.4) is 0 Å². The standard InChI is InChI=1S/C17H16N2O3/c1-21-12-9-7-11(8-10-12)18-16-15(17(20)22-2)13-5-3-4-6-14(13)19-16/h3-10,18-19H,1-2H3. The summed E-state index contributed by atoms with van der Waals surface area (Å²) < 4.78 is 10.0. The minimum absolute atomic E-state index is 0.381. The number of ether oxygens (including phenoxy) is 2. The van der Waals surface area contributed by atoms with Crippen LogP contribution in [-0.2, 0) is 4.74 Å². The van der Waals surface area contributed by atoms with Crippen molar-refractivity contribution in [3.05, 3.63) is 54.1 Å². The van der Waals surface area contributed by atoms with Gasteiger partial charge in [0.25, 0.3) is 0 Å². The molecule has 2 N–H and O–H groups in total. The number of H-pyrrole nitrogens is 1. The molecule has 0 aliphatic heterocycles. The second kappa shape index (κ2) is 5.81. The highest BCUT2D eigenvalue weighted by molar-refractivity contribution is 6.09. The van der Waals surface area contributed by atoms with Crippen molar-refractivity contribution in [1.29, 1.82) is 0 Å². The largest absolute Gasteiger partial charge is 0.497 e. The first-order chi connectivity index (χ1) is 10.7. The van der Waals surface area contributed by atoms with Gasteiger partial charge in [-0.15, -0.1) is 0 Å². The number of hydrogen-bond donors (Lipinski definition) is 2. The van der Waals surface area contributed by atoms with Crippen LogP contribution in [0.5, 0.6) is 5.75 Å². The Hall–Kier alpha value is -2.95. The highest BCUT2D eigenvalue weighted by Crippen LogP contribution is 2.29. The van der Waals surface area contributed by atoms with Gasteiger partial charge in [0.1, 0.15) is 17.1 Å². The maximum atomic E-state index is 12.1. The van der Waals surface area contributed by atoms with Gasteiger partial charge in [0, 0.05) is 16.6 Å². The van der Waals surface area contributed by atoms with Gasteiger partial charge in [-0.3, -0.25) is 0 Å². The van der Waals surface area contributed by atoms with E-state index in [1.165, 1.54) is 7.11 Å². The van der Waals surface area contributed by atoms with Crippen LogP contribution in [0.25, 0.3) is 10.9 Å². The molecule has 0 aliphatic rings. The van der Waals surface area contributed by atoms with E-state index in [9.17, 15) is 4.79 Å². The molecule has 3 rings (SSSR count). The minimum atomic E-state index is -0.381. The van der Waals surface area contributed by atoms with E-state index in [0.29, 0.717) is 11.4 Å². The van der Waals surface area contributed by atoms with Crippen LogP contribution in [0, 0.1) is 0 Å². The Morgan fingerprint density at radius 1 is 1.05 bits per heavy atom. The predicted octanol–water partition coefficient (Wildman–Crippen LogP) is 3.71. The average Bonchev–Trinajstić information content (AvgIpc) is 2.92. The van der Waals surface area contributed by atoms with Crippen molar-refractivity contribution < 1.29 is 14.3 Å². The molecule has 1 heterocycles. The van der Waals surface area contributed by atoms with E-state index < -0.39 is 0 Å². The molecule has 0 saturated heterocycles. The summed E-state index contributed by atoms with van der Waals surface area (Å²) in [5, 5.41) is 4.04. The Bertz CT molecular complexity index is 806. The summed E-state index contributed by atoms with van der Waals surface area (Å²) in [7, 11) is 3.00. The number of benzene rings is 2. The van der Waals surface area contributed by atoms with Crippen LogP contribution in [0.4, 0.5) is 11.5 Å². The molecule has 5 heteroatoms. The van der Waals surface area contributed by atoms with E-state index in [1.54, 1.807) is 7.11 Å². The Balaban J connectivity index is 2.03. The van der Waals surface area contributed by atoms with Gasteiger partial charge in [-0.05, 0) is 30.3 Å². The third-order valence-corrected chi connectivity index (χ3v) is 3.45. The quantitative estimate of drug-likeness (QED) is 0.720. The molecule has 0 unspecified atom stereocenters. The number of aromatic nitrogens is 1. The molecule has 1 aromatic heterocycles. The molecular formula is C17H16N2O3. The fraction of sp³-hybridized carbons (Fsp3) is 0.118. The van der Waals surface area contributed by atoms with Crippen LogP contribution in [-0.4, -0.2) is 25.2 Å². The van der Waals surface area contributed by atoms with E-state index in [1.807, 2.05) is 48.5 Å². The zero-order chi connectivity index (χ0) is 15.5. The molecule has 0 bridgehead atoms. The molecule has 3 aromatic rings. The zero-order valence-corrected chi connectivity index (χ0v) is 12.3. The van der Waals surface area contributed by atoms with Crippen molar-refractivity contribution in [2.45, 2.75) is 0 Å². The summed E-state index contributed by atoms with van der Waals surface area (Å²) in [6.45, 7) is 0. The first-order valence-electron chi connectivity index (χ1n) is 6.83. The van der Waals surface area contributed by atoms with Crippen molar-refractivity contribution in [2.75, 3.05) is 19.5 Å². The van der Waals surface area contributed by atoms with Gasteiger partial charge in [0.05, 0.1) is 14.2 Å². The number of carbonyl (C=O) groups is 1.